The Morgan fingerprint density at radius 1 is 1.45 bits per heavy atom. The van der Waals surface area contributed by atoms with Crippen molar-refractivity contribution < 1.29 is 19.0 Å². The van der Waals surface area contributed by atoms with Gasteiger partial charge in [0.05, 0.1) is 18.8 Å². The maximum Gasteiger partial charge on any atom is 0.320 e. The number of carboxylic acid groups (broad SMARTS) is 1. The molecule has 6 heteroatoms. The third kappa shape index (κ3) is 3.33. The molecule has 2 atom stereocenters. The van der Waals surface area contributed by atoms with Crippen LogP contribution in [-0.2, 0) is 4.79 Å². The molecule has 2 aromatic rings. The lowest BCUT2D eigenvalue weighted by Gasteiger charge is -2.17. The lowest BCUT2D eigenvalue weighted by molar-refractivity contribution is -0.138. The zero-order valence-corrected chi connectivity index (χ0v) is 12.5. The van der Waals surface area contributed by atoms with E-state index in [0.717, 1.165) is 0 Å². The summed E-state index contributed by atoms with van der Waals surface area (Å²) in [5.74, 6) is -1.01. The predicted molar refractivity (Wildman–Crippen MR) is 81.5 cm³/mol. The summed E-state index contributed by atoms with van der Waals surface area (Å²) in [7, 11) is 1.54. The van der Waals surface area contributed by atoms with Gasteiger partial charge in [-0.15, -0.1) is 0 Å². The van der Waals surface area contributed by atoms with Crippen molar-refractivity contribution in [2.75, 3.05) is 7.11 Å². The lowest BCUT2D eigenvalue weighted by Crippen LogP contribution is -2.30. The second kappa shape index (κ2) is 6.70. The van der Waals surface area contributed by atoms with Crippen LogP contribution in [0.2, 0.25) is 0 Å². The average molecular weight is 306 g/mol. The number of hydrogen-bond donors (Lipinski definition) is 2. The van der Waals surface area contributed by atoms with Crippen molar-refractivity contribution in [3.05, 3.63) is 35.8 Å². The Kier molecular flexibility index (Phi) is 4.92. The van der Waals surface area contributed by atoms with Gasteiger partial charge in [0.25, 0.3) is 0 Å². The number of methoxy groups -OCH3 is 1. The third-order valence-corrected chi connectivity index (χ3v) is 3.79. The van der Waals surface area contributed by atoms with Crippen molar-refractivity contribution in [3.63, 3.8) is 0 Å². The number of nitrogens with two attached hydrogens (primary N) is 1. The molecule has 0 saturated heterocycles. The van der Waals surface area contributed by atoms with E-state index in [1.165, 1.54) is 6.20 Å². The summed E-state index contributed by atoms with van der Waals surface area (Å²) in [6.45, 7) is 1.85. The highest BCUT2D eigenvalue weighted by Gasteiger charge is 2.19. The van der Waals surface area contributed by atoms with Crippen LogP contribution in [-0.4, -0.2) is 29.2 Å². The summed E-state index contributed by atoms with van der Waals surface area (Å²) in [6.07, 6.45) is 1.95. The largest absolute Gasteiger partial charge is 0.497 e. The number of ether oxygens (including phenoxy) is 1. The molecule has 118 valence electrons. The number of fused-ring (bicyclic) bond motifs is 1. The fourth-order valence-electron chi connectivity index (χ4n) is 2.49. The monoisotopic (exact) mass is 306 g/mol. The summed E-state index contributed by atoms with van der Waals surface area (Å²) in [5, 5.41) is 9.51. The van der Waals surface area contributed by atoms with Crippen molar-refractivity contribution >= 4 is 16.9 Å². The van der Waals surface area contributed by atoms with Gasteiger partial charge in [-0.1, -0.05) is 6.92 Å². The maximum atomic E-state index is 14.2. The first-order chi connectivity index (χ1) is 10.4. The molecule has 22 heavy (non-hydrogen) atoms. The molecule has 0 aliphatic rings. The summed E-state index contributed by atoms with van der Waals surface area (Å²) in [5.41, 5.74) is 6.70. The first kappa shape index (κ1) is 16.2. The second-order valence-electron chi connectivity index (χ2n) is 5.33. The molecule has 0 spiro atoms. The molecule has 2 unspecified atom stereocenters. The Hall–Kier alpha value is -2.21. The fourth-order valence-corrected chi connectivity index (χ4v) is 2.49. The topological polar surface area (TPSA) is 85.4 Å². The molecular formula is C16H19FN2O3. The zero-order valence-electron chi connectivity index (χ0n) is 12.5. The smallest absolute Gasteiger partial charge is 0.320 e. The van der Waals surface area contributed by atoms with Crippen LogP contribution in [0.1, 0.15) is 31.2 Å². The number of carboxylic acids is 1. The van der Waals surface area contributed by atoms with Crippen LogP contribution in [0.5, 0.6) is 5.75 Å². The summed E-state index contributed by atoms with van der Waals surface area (Å²) in [6, 6.07) is 4.34. The average Bonchev–Trinajstić information content (AvgIpc) is 2.51. The lowest BCUT2D eigenvalue weighted by atomic mass is 9.91. The van der Waals surface area contributed by atoms with E-state index in [0.29, 0.717) is 28.6 Å². The van der Waals surface area contributed by atoms with E-state index in [1.54, 1.807) is 25.3 Å². The number of carbonyl (C=O) groups is 1. The minimum Gasteiger partial charge on any atom is -0.497 e. The highest BCUT2D eigenvalue weighted by Crippen LogP contribution is 2.32. The molecule has 0 saturated carbocycles. The van der Waals surface area contributed by atoms with Crippen LogP contribution >= 0.6 is 0 Å². The summed E-state index contributed by atoms with van der Waals surface area (Å²) >= 11 is 0. The number of aromatic nitrogens is 1. The number of nitrogens with zero attached hydrogens (tertiary/aromatic N) is 1. The van der Waals surface area contributed by atoms with Gasteiger partial charge in [-0.25, -0.2) is 4.39 Å². The second-order valence-corrected chi connectivity index (χ2v) is 5.33. The van der Waals surface area contributed by atoms with Crippen LogP contribution in [0, 0.1) is 5.82 Å². The van der Waals surface area contributed by atoms with Crippen molar-refractivity contribution in [1.29, 1.82) is 0 Å². The van der Waals surface area contributed by atoms with E-state index in [2.05, 4.69) is 4.98 Å². The molecule has 0 radical (unpaired) electrons. The molecule has 1 aromatic carbocycles. The molecule has 0 aliphatic carbocycles. The van der Waals surface area contributed by atoms with Gasteiger partial charge in [0.15, 0.2) is 0 Å². The molecule has 0 fully saturated rings. The van der Waals surface area contributed by atoms with Crippen LogP contribution in [0.15, 0.2) is 24.4 Å². The van der Waals surface area contributed by atoms with Crippen molar-refractivity contribution in [2.45, 2.75) is 31.7 Å². The highest BCUT2D eigenvalue weighted by molar-refractivity contribution is 5.84. The molecular weight excluding hydrogens is 287 g/mol. The summed E-state index contributed by atoms with van der Waals surface area (Å²) in [4.78, 5) is 14.9. The minimum absolute atomic E-state index is 0.178. The van der Waals surface area contributed by atoms with E-state index in [-0.39, 0.29) is 12.3 Å². The number of benzene rings is 1. The Morgan fingerprint density at radius 2 is 2.18 bits per heavy atom. The molecule has 3 N–H and O–H groups in total. The fraction of sp³-hybridized carbons (Fsp3) is 0.375. The third-order valence-electron chi connectivity index (χ3n) is 3.79. The SMILES string of the molecule is COc1ccc2ncc(F)c(C(C)CCC(N)C(=O)O)c2c1. The Balaban J connectivity index is 2.35. The highest BCUT2D eigenvalue weighted by atomic mass is 19.1. The van der Waals surface area contributed by atoms with E-state index in [1.807, 2.05) is 6.92 Å². The van der Waals surface area contributed by atoms with Gasteiger partial charge < -0.3 is 15.6 Å². The number of pyridine rings is 1. The van der Waals surface area contributed by atoms with Gasteiger partial charge in [-0.3, -0.25) is 9.78 Å². The molecule has 1 aromatic heterocycles. The Morgan fingerprint density at radius 3 is 2.82 bits per heavy atom. The molecule has 1 heterocycles. The number of rotatable bonds is 6. The predicted octanol–water partition coefficient (Wildman–Crippen LogP) is 2.68. The number of aliphatic carboxylic acids is 1. The zero-order chi connectivity index (χ0) is 16.3. The standard InChI is InChI=1S/C16H19FN2O3/c1-9(3-5-13(18)16(20)21)15-11-7-10(22-2)4-6-14(11)19-8-12(15)17/h4,6-9,13H,3,5,18H2,1-2H3,(H,20,21). The molecule has 0 bridgehead atoms. The van der Waals surface area contributed by atoms with Crippen LogP contribution in [0.3, 0.4) is 0 Å². The van der Waals surface area contributed by atoms with Crippen molar-refractivity contribution in [2.24, 2.45) is 5.73 Å². The van der Waals surface area contributed by atoms with Crippen LogP contribution < -0.4 is 10.5 Å². The first-order valence-electron chi connectivity index (χ1n) is 7.04. The van der Waals surface area contributed by atoms with Gasteiger partial charge in [-0.2, -0.15) is 0 Å². The van der Waals surface area contributed by atoms with Gasteiger partial charge in [0.1, 0.15) is 17.6 Å². The van der Waals surface area contributed by atoms with E-state index in [4.69, 9.17) is 15.6 Å². The van der Waals surface area contributed by atoms with Gasteiger partial charge in [-0.05, 0) is 37.0 Å². The maximum absolute atomic E-state index is 14.2. The van der Waals surface area contributed by atoms with E-state index < -0.39 is 17.8 Å². The minimum atomic E-state index is -1.05. The molecule has 2 rings (SSSR count). The number of halogens is 1. The molecule has 0 amide bonds. The molecule has 0 aliphatic heterocycles. The van der Waals surface area contributed by atoms with Gasteiger partial charge in [0.2, 0.25) is 0 Å². The summed E-state index contributed by atoms with van der Waals surface area (Å²) < 4.78 is 19.4. The van der Waals surface area contributed by atoms with Crippen LogP contribution in [0.4, 0.5) is 4.39 Å². The van der Waals surface area contributed by atoms with Gasteiger partial charge >= 0.3 is 5.97 Å². The number of hydrogen-bond acceptors (Lipinski definition) is 4. The van der Waals surface area contributed by atoms with E-state index in [9.17, 15) is 9.18 Å². The van der Waals surface area contributed by atoms with Crippen molar-refractivity contribution in [1.82, 2.24) is 4.98 Å². The van der Waals surface area contributed by atoms with E-state index >= 15 is 0 Å². The molecule has 5 nitrogen and oxygen atoms in total. The quantitative estimate of drug-likeness (QED) is 0.857. The Labute approximate surface area is 127 Å². The van der Waals surface area contributed by atoms with Crippen molar-refractivity contribution in [3.8, 4) is 5.75 Å². The first-order valence-corrected chi connectivity index (χ1v) is 7.04. The normalized spacial score (nSPS) is 13.8. The van der Waals surface area contributed by atoms with Crippen LogP contribution in [0.25, 0.3) is 10.9 Å². The Bertz CT molecular complexity index is 690. The van der Waals surface area contributed by atoms with Gasteiger partial charge in [0, 0.05) is 10.9 Å².